The first-order valence-electron chi connectivity index (χ1n) is 13.4. The highest BCUT2D eigenvalue weighted by atomic mass is 19.1. The second-order valence-electron chi connectivity index (χ2n) is 10.4. The number of amides is 2. The highest BCUT2D eigenvalue weighted by molar-refractivity contribution is 5.72. The molecule has 0 radical (unpaired) electrons. The van der Waals surface area contributed by atoms with Crippen molar-refractivity contribution in [3.05, 3.63) is 95.4 Å². The highest BCUT2D eigenvalue weighted by Crippen LogP contribution is 2.60. The van der Waals surface area contributed by atoms with E-state index in [1.807, 2.05) is 31.3 Å². The average molecular weight is 564 g/mol. The van der Waals surface area contributed by atoms with Gasteiger partial charge in [-0.3, -0.25) is 4.90 Å². The Balaban J connectivity index is 1.61. The van der Waals surface area contributed by atoms with Crippen LogP contribution in [0, 0.1) is 5.82 Å². The molecular formula is C32H36FN2O6+. The van der Waals surface area contributed by atoms with Crippen LogP contribution >= 0.6 is 0 Å². The van der Waals surface area contributed by atoms with Gasteiger partial charge in [0.25, 0.3) is 0 Å². The largest absolute Gasteiger partial charge is 0.497 e. The van der Waals surface area contributed by atoms with E-state index >= 15 is 4.39 Å². The zero-order valence-electron chi connectivity index (χ0n) is 24.1. The number of fused-ring (bicyclic) bond motifs is 1. The quantitative estimate of drug-likeness (QED) is 0.314. The molecule has 0 bridgehead atoms. The Morgan fingerprint density at radius 3 is 2.02 bits per heavy atom. The van der Waals surface area contributed by atoms with Gasteiger partial charge in [-0.05, 0) is 43.0 Å². The van der Waals surface area contributed by atoms with Crippen LogP contribution in [0.25, 0.3) is 0 Å². The molecule has 2 fully saturated rings. The summed E-state index contributed by atoms with van der Waals surface area (Å²) in [5, 5.41) is 0. The number of hydrogen-bond acceptors (Lipinski definition) is 6. The number of carbonyl (C=O) groups is 1. The van der Waals surface area contributed by atoms with Crippen molar-refractivity contribution in [2.75, 3.05) is 42.1 Å². The van der Waals surface area contributed by atoms with Crippen LogP contribution in [0.2, 0.25) is 0 Å². The van der Waals surface area contributed by atoms with Gasteiger partial charge in [0.2, 0.25) is 0 Å². The summed E-state index contributed by atoms with van der Waals surface area (Å²) < 4.78 is 43.3. The Hall–Kier alpha value is -4.08. The number of rotatable bonds is 9. The van der Waals surface area contributed by atoms with Gasteiger partial charge in [0.1, 0.15) is 34.5 Å². The number of likely N-dealkylation sites (tertiary alicyclic amines) is 1. The molecule has 0 saturated carbocycles. The van der Waals surface area contributed by atoms with Gasteiger partial charge in [-0.2, -0.15) is 0 Å². The molecule has 0 N–H and O–H groups in total. The third-order valence-electron chi connectivity index (χ3n) is 8.58. The number of nitrogens with zero attached hydrogens (tertiary/aromatic N) is 2. The van der Waals surface area contributed by atoms with Crippen molar-refractivity contribution in [3.63, 3.8) is 0 Å². The molecule has 2 aliphatic rings. The molecule has 2 saturated heterocycles. The number of benzene rings is 3. The zero-order valence-corrected chi connectivity index (χ0v) is 24.1. The predicted molar refractivity (Wildman–Crippen MR) is 151 cm³/mol. The number of hydrogen-bond donors (Lipinski definition) is 0. The first-order valence-corrected chi connectivity index (χ1v) is 13.4. The first-order chi connectivity index (χ1) is 19.7. The Morgan fingerprint density at radius 1 is 0.951 bits per heavy atom. The van der Waals surface area contributed by atoms with Crippen molar-refractivity contribution in [3.8, 4) is 23.0 Å². The number of urea groups is 1. The number of ether oxygens (including phenoxy) is 5. The van der Waals surface area contributed by atoms with Crippen molar-refractivity contribution < 1.29 is 37.4 Å². The van der Waals surface area contributed by atoms with Crippen LogP contribution in [0.15, 0.2) is 72.9 Å². The molecule has 0 spiro atoms. The summed E-state index contributed by atoms with van der Waals surface area (Å²) >= 11 is 0. The van der Waals surface area contributed by atoms with Crippen LogP contribution in [-0.2, 0) is 23.4 Å². The number of quaternary nitrogens is 1. The molecule has 8 nitrogen and oxygen atoms in total. The van der Waals surface area contributed by atoms with Crippen molar-refractivity contribution in [2.45, 2.75) is 31.2 Å². The SMILES string of the molecule is C=C1[C@@H]2OCC[C@]2(c2ccccc2F)[N+]1(C)C(=O)N(Cc1ccc(OC)cc1OC)Cc1ccc(OC)cc1OC. The van der Waals surface area contributed by atoms with Gasteiger partial charge in [0.05, 0.1) is 60.7 Å². The topological polar surface area (TPSA) is 66.5 Å². The zero-order chi connectivity index (χ0) is 29.4. The minimum absolute atomic E-state index is 0.210. The number of likely N-dealkylation sites (N-methyl/N-ethyl adjacent to an activating group) is 1. The van der Waals surface area contributed by atoms with E-state index in [1.54, 1.807) is 63.7 Å². The van der Waals surface area contributed by atoms with Gasteiger partial charge in [0.15, 0.2) is 11.6 Å². The van der Waals surface area contributed by atoms with E-state index in [-0.39, 0.29) is 29.4 Å². The fourth-order valence-electron chi connectivity index (χ4n) is 6.33. The Labute approximate surface area is 240 Å². The normalized spacial score (nSPS) is 22.9. The molecule has 3 atom stereocenters. The fraction of sp³-hybridized carbons (Fsp3) is 0.344. The molecule has 0 aliphatic carbocycles. The molecule has 3 aromatic rings. The van der Waals surface area contributed by atoms with Crippen LogP contribution < -0.4 is 18.9 Å². The summed E-state index contributed by atoms with van der Waals surface area (Å²) in [4.78, 5) is 16.6. The van der Waals surface area contributed by atoms with Gasteiger partial charge in [-0.15, -0.1) is 0 Å². The van der Waals surface area contributed by atoms with E-state index in [0.29, 0.717) is 47.3 Å². The molecule has 9 heteroatoms. The van der Waals surface area contributed by atoms with E-state index in [2.05, 4.69) is 6.58 Å². The first kappa shape index (κ1) is 28.4. The van der Waals surface area contributed by atoms with Crippen molar-refractivity contribution in [1.82, 2.24) is 4.90 Å². The molecular weight excluding hydrogens is 527 g/mol. The lowest BCUT2D eigenvalue weighted by atomic mass is 9.70. The van der Waals surface area contributed by atoms with Crippen LogP contribution in [0.5, 0.6) is 23.0 Å². The molecule has 3 aromatic carbocycles. The van der Waals surface area contributed by atoms with Crippen molar-refractivity contribution >= 4 is 6.03 Å². The minimum Gasteiger partial charge on any atom is -0.497 e. The lowest BCUT2D eigenvalue weighted by Crippen LogP contribution is -2.78. The molecule has 216 valence electrons. The Bertz CT molecular complexity index is 1420. The monoisotopic (exact) mass is 563 g/mol. The van der Waals surface area contributed by atoms with Gasteiger partial charge >= 0.3 is 6.03 Å². The van der Waals surface area contributed by atoms with Gasteiger partial charge in [-0.25, -0.2) is 13.7 Å². The van der Waals surface area contributed by atoms with Gasteiger partial charge < -0.3 is 23.7 Å². The second kappa shape index (κ2) is 11.1. The molecule has 5 rings (SSSR count). The van der Waals surface area contributed by atoms with Gasteiger partial charge in [-0.1, -0.05) is 12.1 Å². The fourth-order valence-corrected chi connectivity index (χ4v) is 6.33. The Morgan fingerprint density at radius 2 is 1.51 bits per heavy atom. The van der Waals surface area contributed by atoms with Crippen LogP contribution in [-0.4, -0.2) is 63.6 Å². The lowest BCUT2D eigenvalue weighted by molar-refractivity contribution is -0.908. The summed E-state index contributed by atoms with van der Waals surface area (Å²) in [5.41, 5.74) is 1.67. The summed E-state index contributed by atoms with van der Waals surface area (Å²) in [6, 6.07) is 17.4. The number of halogens is 1. The third kappa shape index (κ3) is 4.40. The van der Waals surface area contributed by atoms with E-state index in [0.717, 1.165) is 11.1 Å². The van der Waals surface area contributed by atoms with E-state index in [1.165, 1.54) is 6.07 Å². The molecule has 2 amide bonds. The van der Waals surface area contributed by atoms with E-state index in [9.17, 15) is 4.79 Å². The molecule has 1 unspecified atom stereocenters. The third-order valence-corrected chi connectivity index (χ3v) is 8.58. The van der Waals surface area contributed by atoms with Crippen LogP contribution in [0.1, 0.15) is 23.1 Å². The standard InChI is InChI=1S/C32H36FN2O6/c1-21-30-32(15-16-41-30,26-9-7-8-10-27(26)33)35(21,2)31(36)34(19-22-11-13-24(37-3)17-28(22)39-5)20-23-12-14-25(38-4)18-29(23)40-6/h7-14,17-18,30H,1,15-16,19-20H2,2-6H3/q+1/t30-,32+,35?/m0/s1. The highest BCUT2D eigenvalue weighted by Gasteiger charge is 2.77. The number of methoxy groups -OCH3 is 4. The maximum atomic E-state index is 15.4. The van der Waals surface area contributed by atoms with Gasteiger partial charge in [0, 0.05) is 29.7 Å². The smallest absolute Gasteiger partial charge is 0.425 e. The summed E-state index contributed by atoms with van der Waals surface area (Å²) in [6.07, 6.45) is 0.00652. The summed E-state index contributed by atoms with van der Waals surface area (Å²) in [5.74, 6) is 2.08. The van der Waals surface area contributed by atoms with Crippen LogP contribution in [0.3, 0.4) is 0 Å². The molecule has 41 heavy (non-hydrogen) atoms. The maximum absolute atomic E-state index is 15.4. The minimum atomic E-state index is -0.939. The maximum Gasteiger partial charge on any atom is 0.425 e. The second-order valence-corrected chi connectivity index (χ2v) is 10.4. The summed E-state index contributed by atoms with van der Waals surface area (Å²) in [7, 11) is 8.14. The van der Waals surface area contributed by atoms with Crippen LogP contribution in [0.4, 0.5) is 9.18 Å². The molecule has 2 aliphatic heterocycles. The van der Waals surface area contributed by atoms with Crippen molar-refractivity contribution in [1.29, 1.82) is 0 Å². The Kier molecular flexibility index (Phi) is 7.68. The summed E-state index contributed by atoms with van der Waals surface area (Å²) in [6.45, 7) is 5.10. The molecule has 0 aromatic heterocycles. The molecule has 2 heterocycles. The van der Waals surface area contributed by atoms with Crippen molar-refractivity contribution in [2.24, 2.45) is 0 Å². The number of carbonyl (C=O) groups excluding carboxylic acids is 1. The average Bonchev–Trinajstić information content (AvgIpc) is 3.42. The lowest BCUT2D eigenvalue weighted by Gasteiger charge is -2.59. The van der Waals surface area contributed by atoms with E-state index in [4.69, 9.17) is 23.7 Å². The predicted octanol–water partition coefficient (Wildman–Crippen LogP) is 5.64. The van der Waals surface area contributed by atoms with E-state index < -0.39 is 11.6 Å².